The molecule has 0 unspecified atom stereocenters. The fraction of sp³-hybridized carbons (Fsp3) is 0.480. The van der Waals surface area contributed by atoms with Crippen LogP contribution in [0.2, 0.25) is 0 Å². The van der Waals surface area contributed by atoms with E-state index in [1.54, 1.807) is 14.2 Å². The first-order valence-corrected chi connectivity index (χ1v) is 11.2. The molecule has 31 heavy (non-hydrogen) atoms. The van der Waals surface area contributed by atoms with Gasteiger partial charge in [0.25, 0.3) is 0 Å². The number of hydrogen-bond acceptors (Lipinski definition) is 4. The predicted molar refractivity (Wildman–Crippen MR) is 127 cm³/mol. The second kappa shape index (κ2) is 13.0. The van der Waals surface area contributed by atoms with E-state index < -0.39 is 0 Å². The molecule has 1 aliphatic heterocycles. The van der Waals surface area contributed by atoms with E-state index in [2.05, 4.69) is 63.0 Å². The van der Waals surface area contributed by atoms with E-state index in [0.717, 1.165) is 70.3 Å². The molecule has 0 aliphatic carbocycles. The van der Waals surface area contributed by atoms with E-state index in [1.165, 1.54) is 11.1 Å². The summed E-state index contributed by atoms with van der Waals surface area (Å²) in [7, 11) is 3.47. The SMILES string of the molecule is CN=C(NCCCOC1CCN(Cc2ccccc2)CC1)NCc1ccc(OC)cc1. The maximum atomic E-state index is 6.11. The molecule has 3 rings (SSSR count). The zero-order valence-electron chi connectivity index (χ0n) is 18.8. The van der Waals surface area contributed by atoms with Crippen LogP contribution in [0.4, 0.5) is 0 Å². The second-order valence-electron chi connectivity index (χ2n) is 7.89. The average Bonchev–Trinajstić information content (AvgIpc) is 2.83. The number of rotatable bonds is 10. The zero-order chi connectivity index (χ0) is 21.7. The van der Waals surface area contributed by atoms with Crippen LogP contribution in [-0.2, 0) is 17.8 Å². The summed E-state index contributed by atoms with van der Waals surface area (Å²) in [6, 6.07) is 18.8. The van der Waals surface area contributed by atoms with Gasteiger partial charge in [0, 0.05) is 46.4 Å². The van der Waals surface area contributed by atoms with Gasteiger partial charge in [-0.15, -0.1) is 0 Å². The molecule has 1 aliphatic rings. The highest BCUT2D eigenvalue weighted by molar-refractivity contribution is 5.79. The van der Waals surface area contributed by atoms with Gasteiger partial charge in [-0.2, -0.15) is 0 Å². The van der Waals surface area contributed by atoms with Crippen LogP contribution in [0.25, 0.3) is 0 Å². The number of nitrogens with one attached hydrogen (secondary N) is 2. The predicted octanol–water partition coefficient (Wildman–Crippen LogP) is 3.43. The Labute approximate surface area is 186 Å². The molecule has 0 atom stereocenters. The van der Waals surface area contributed by atoms with Crippen molar-refractivity contribution in [2.75, 3.05) is 40.4 Å². The lowest BCUT2D eigenvalue weighted by Crippen LogP contribution is -2.38. The van der Waals surface area contributed by atoms with Gasteiger partial charge < -0.3 is 20.1 Å². The number of hydrogen-bond donors (Lipinski definition) is 2. The summed E-state index contributed by atoms with van der Waals surface area (Å²) in [5.74, 6) is 1.68. The van der Waals surface area contributed by atoms with E-state index in [0.29, 0.717) is 6.10 Å². The lowest BCUT2D eigenvalue weighted by Gasteiger charge is -2.32. The second-order valence-corrected chi connectivity index (χ2v) is 7.89. The van der Waals surface area contributed by atoms with Crippen LogP contribution < -0.4 is 15.4 Å². The fourth-order valence-corrected chi connectivity index (χ4v) is 3.75. The molecule has 0 amide bonds. The van der Waals surface area contributed by atoms with E-state index in [1.807, 2.05) is 12.1 Å². The smallest absolute Gasteiger partial charge is 0.191 e. The molecule has 2 aromatic carbocycles. The van der Waals surface area contributed by atoms with Crippen molar-refractivity contribution in [2.24, 2.45) is 4.99 Å². The van der Waals surface area contributed by atoms with Crippen LogP contribution in [0.5, 0.6) is 5.75 Å². The van der Waals surface area contributed by atoms with Crippen LogP contribution >= 0.6 is 0 Å². The van der Waals surface area contributed by atoms with Gasteiger partial charge in [-0.3, -0.25) is 9.89 Å². The molecule has 1 heterocycles. The van der Waals surface area contributed by atoms with Crippen molar-refractivity contribution in [1.82, 2.24) is 15.5 Å². The first kappa shape index (κ1) is 23.1. The molecule has 0 bridgehead atoms. The Morgan fingerprint density at radius 2 is 1.74 bits per heavy atom. The van der Waals surface area contributed by atoms with Gasteiger partial charge in [-0.25, -0.2) is 0 Å². The number of aliphatic imine (C=N–C) groups is 1. The van der Waals surface area contributed by atoms with Gasteiger partial charge in [-0.05, 0) is 42.5 Å². The Kier molecular flexibility index (Phi) is 9.67. The van der Waals surface area contributed by atoms with Crippen molar-refractivity contribution in [3.8, 4) is 5.75 Å². The monoisotopic (exact) mass is 424 g/mol. The lowest BCUT2D eigenvalue weighted by atomic mass is 10.1. The average molecular weight is 425 g/mol. The number of guanidine groups is 1. The minimum atomic E-state index is 0.388. The van der Waals surface area contributed by atoms with Crippen molar-refractivity contribution in [1.29, 1.82) is 0 Å². The molecule has 0 aromatic heterocycles. The Morgan fingerprint density at radius 1 is 1.00 bits per heavy atom. The molecule has 2 aromatic rings. The Balaban J connectivity index is 1.24. The molecular weight excluding hydrogens is 388 g/mol. The Bertz CT molecular complexity index is 772. The largest absolute Gasteiger partial charge is 0.497 e. The van der Waals surface area contributed by atoms with Crippen LogP contribution in [-0.4, -0.2) is 57.4 Å². The maximum Gasteiger partial charge on any atom is 0.191 e. The van der Waals surface area contributed by atoms with Crippen molar-refractivity contribution >= 4 is 5.96 Å². The van der Waals surface area contributed by atoms with Gasteiger partial charge in [-0.1, -0.05) is 42.5 Å². The fourth-order valence-electron chi connectivity index (χ4n) is 3.75. The summed E-state index contributed by atoms with van der Waals surface area (Å²) in [5, 5.41) is 6.70. The number of piperidine rings is 1. The molecule has 1 saturated heterocycles. The minimum absolute atomic E-state index is 0.388. The van der Waals surface area contributed by atoms with E-state index in [4.69, 9.17) is 9.47 Å². The summed E-state index contributed by atoms with van der Waals surface area (Å²) in [6.45, 7) is 5.61. The van der Waals surface area contributed by atoms with E-state index in [-0.39, 0.29) is 0 Å². The number of likely N-dealkylation sites (tertiary alicyclic amines) is 1. The molecule has 0 radical (unpaired) electrons. The van der Waals surface area contributed by atoms with Gasteiger partial charge in [0.15, 0.2) is 5.96 Å². The molecule has 168 valence electrons. The van der Waals surface area contributed by atoms with Crippen molar-refractivity contribution in [3.05, 3.63) is 65.7 Å². The highest BCUT2D eigenvalue weighted by Crippen LogP contribution is 2.16. The molecule has 6 heteroatoms. The number of benzene rings is 2. The molecular formula is C25H36N4O2. The van der Waals surface area contributed by atoms with Crippen LogP contribution in [0.1, 0.15) is 30.4 Å². The minimum Gasteiger partial charge on any atom is -0.497 e. The molecule has 0 saturated carbocycles. The highest BCUT2D eigenvalue weighted by Gasteiger charge is 2.19. The van der Waals surface area contributed by atoms with Crippen LogP contribution in [0.15, 0.2) is 59.6 Å². The zero-order valence-corrected chi connectivity index (χ0v) is 18.8. The molecule has 6 nitrogen and oxygen atoms in total. The third kappa shape index (κ3) is 8.23. The first-order chi connectivity index (χ1) is 15.3. The number of methoxy groups -OCH3 is 1. The third-order valence-corrected chi connectivity index (χ3v) is 5.59. The standard InChI is InChI=1S/C25H36N4O2/c1-26-25(28-19-21-9-11-23(30-2)12-10-21)27-15-6-18-31-24-13-16-29(17-14-24)20-22-7-4-3-5-8-22/h3-5,7-12,24H,6,13-20H2,1-2H3,(H2,26,27,28). The summed E-state index contributed by atoms with van der Waals surface area (Å²) in [5.41, 5.74) is 2.58. The molecule has 2 N–H and O–H groups in total. The Morgan fingerprint density at radius 3 is 2.42 bits per heavy atom. The Hall–Kier alpha value is -2.57. The van der Waals surface area contributed by atoms with E-state index in [9.17, 15) is 0 Å². The molecule has 1 fully saturated rings. The summed E-state index contributed by atoms with van der Waals surface area (Å²) in [4.78, 5) is 6.81. The maximum absolute atomic E-state index is 6.11. The van der Waals surface area contributed by atoms with Crippen molar-refractivity contribution in [3.63, 3.8) is 0 Å². The number of nitrogens with zero attached hydrogens (tertiary/aromatic N) is 2. The van der Waals surface area contributed by atoms with Crippen LogP contribution in [0, 0.1) is 0 Å². The van der Waals surface area contributed by atoms with Gasteiger partial charge in [0.05, 0.1) is 13.2 Å². The summed E-state index contributed by atoms with van der Waals surface area (Å²) >= 11 is 0. The summed E-state index contributed by atoms with van der Waals surface area (Å²) < 4.78 is 11.3. The first-order valence-electron chi connectivity index (χ1n) is 11.2. The summed E-state index contributed by atoms with van der Waals surface area (Å²) in [6.07, 6.45) is 3.59. The third-order valence-electron chi connectivity index (χ3n) is 5.59. The normalized spacial score (nSPS) is 15.6. The van der Waals surface area contributed by atoms with Gasteiger partial charge >= 0.3 is 0 Å². The number of ether oxygens (including phenoxy) is 2. The van der Waals surface area contributed by atoms with Crippen molar-refractivity contribution in [2.45, 2.75) is 38.5 Å². The van der Waals surface area contributed by atoms with Crippen LogP contribution in [0.3, 0.4) is 0 Å². The van der Waals surface area contributed by atoms with Crippen molar-refractivity contribution < 1.29 is 9.47 Å². The topological polar surface area (TPSA) is 58.1 Å². The molecule has 0 spiro atoms. The lowest BCUT2D eigenvalue weighted by molar-refractivity contribution is 0.00534. The quantitative estimate of drug-likeness (QED) is 0.348. The van der Waals surface area contributed by atoms with Gasteiger partial charge in [0.1, 0.15) is 5.75 Å². The van der Waals surface area contributed by atoms with Gasteiger partial charge in [0.2, 0.25) is 0 Å². The van der Waals surface area contributed by atoms with E-state index >= 15 is 0 Å². The highest BCUT2D eigenvalue weighted by atomic mass is 16.5.